The Morgan fingerprint density at radius 2 is 1.86 bits per heavy atom. The second-order valence-electron chi connectivity index (χ2n) is 8.69. The highest BCUT2D eigenvalue weighted by Gasteiger charge is 2.36. The van der Waals surface area contributed by atoms with Crippen LogP contribution in [0.5, 0.6) is 0 Å². The van der Waals surface area contributed by atoms with Crippen molar-refractivity contribution in [1.29, 1.82) is 0 Å². The molecule has 1 atom stereocenters. The summed E-state index contributed by atoms with van der Waals surface area (Å²) in [4.78, 5) is 25.4. The first-order valence-corrected chi connectivity index (χ1v) is 12.8. The summed E-state index contributed by atoms with van der Waals surface area (Å²) < 4.78 is 35.5. The van der Waals surface area contributed by atoms with Crippen molar-refractivity contribution in [2.24, 2.45) is 0 Å². The Labute approximate surface area is 205 Å². The van der Waals surface area contributed by atoms with E-state index < -0.39 is 22.6 Å². The lowest BCUT2D eigenvalue weighted by Gasteiger charge is -2.24. The van der Waals surface area contributed by atoms with Gasteiger partial charge in [-0.3, -0.25) is 9.10 Å². The molecule has 2 heterocycles. The zero-order chi connectivity index (χ0) is 25.3. The molecule has 7 nitrogen and oxygen atoms in total. The number of sulfonamides is 1. The largest absolute Gasteiger partial charge is 0.454 e. The molecule has 8 heteroatoms. The van der Waals surface area contributed by atoms with Gasteiger partial charge < -0.3 is 9.30 Å². The Hall–Kier alpha value is -3.65. The maximum absolute atomic E-state index is 13.5. The fourth-order valence-electron chi connectivity index (χ4n) is 4.59. The normalized spacial score (nSPS) is 15.1. The van der Waals surface area contributed by atoms with Crippen molar-refractivity contribution in [2.45, 2.75) is 44.7 Å². The lowest BCUT2D eigenvalue weighted by molar-refractivity contribution is 0.0474. The van der Waals surface area contributed by atoms with Gasteiger partial charge in [0, 0.05) is 29.5 Å². The van der Waals surface area contributed by atoms with Crippen LogP contribution in [0, 0.1) is 13.8 Å². The Balaban J connectivity index is 1.51. The number of Topliss-reactive ketones (excluding diaryl/α,β-unsaturated/α-hetero) is 1. The number of nitrogens with zero attached hydrogens (tertiary/aromatic N) is 2. The number of carbonyl (C=O) groups excluding carboxylic acids is 2. The Morgan fingerprint density at radius 3 is 2.60 bits per heavy atom. The number of rotatable bonds is 8. The molecule has 1 unspecified atom stereocenters. The standard InChI is InChI=1S/C27H28N2O5S/c1-5-13-28-18(2)15-24(20(28)4)26(30)17-34-27(31)22-10-8-11-23(16-22)35(32,33)29-19(3)14-21-9-6-7-12-25(21)29/h5-12,15-16,19H,1,13-14,17H2,2-4H3. The van der Waals surface area contributed by atoms with Gasteiger partial charge in [0.2, 0.25) is 5.78 Å². The molecule has 0 saturated heterocycles. The minimum atomic E-state index is -3.90. The molecule has 1 aliphatic heterocycles. The highest BCUT2D eigenvalue weighted by Crippen LogP contribution is 2.36. The summed E-state index contributed by atoms with van der Waals surface area (Å²) in [6.45, 7) is 9.44. The van der Waals surface area contributed by atoms with Gasteiger partial charge in [0.25, 0.3) is 10.0 Å². The van der Waals surface area contributed by atoms with E-state index in [1.807, 2.05) is 37.5 Å². The molecule has 0 amide bonds. The van der Waals surface area contributed by atoms with Gasteiger partial charge in [0.15, 0.2) is 6.61 Å². The molecule has 35 heavy (non-hydrogen) atoms. The molecular formula is C27H28N2O5S. The summed E-state index contributed by atoms with van der Waals surface area (Å²) in [5.74, 6) is -1.08. The van der Waals surface area contributed by atoms with Gasteiger partial charge in [0.1, 0.15) is 0 Å². The Morgan fingerprint density at radius 1 is 1.11 bits per heavy atom. The molecule has 0 aliphatic carbocycles. The fraction of sp³-hybridized carbons (Fsp3) is 0.259. The van der Waals surface area contributed by atoms with Crippen molar-refractivity contribution < 1.29 is 22.7 Å². The van der Waals surface area contributed by atoms with Gasteiger partial charge in [-0.15, -0.1) is 6.58 Å². The predicted octanol–water partition coefficient (Wildman–Crippen LogP) is 4.47. The molecule has 4 rings (SSSR count). The van der Waals surface area contributed by atoms with Crippen molar-refractivity contribution in [2.75, 3.05) is 10.9 Å². The van der Waals surface area contributed by atoms with E-state index in [-0.39, 0.29) is 22.3 Å². The second kappa shape index (κ2) is 9.54. The van der Waals surface area contributed by atoms with Crippen LogP contribution in [0.15, 0.2) is 72.1 Å². The number of hydrogen-bond donors (Lipinski definition) is 0. The highest BCUT2D eigenvalue weighted by molar-refractivity contribution is 7.92. The molecule has 0 saturated carbocycles. The third-order valence-electron chi connectivity index (χ3n) is 6.29. The second-order valence-corrected chi connectivity index (χ2v) is 10.5. The first kappa shape index (κ1) is 24.5. The maximum Gasteiger partial charge on any atom is 0.338 e. The zero-order valence-corrected chi connectivity index (χ0v) is 20.8. The van der Waals surface area contributed by atoms with Gasteiger partial charge in [-0.05, 0) is 63.1 Å². The monoisotopic (exact) mass is 492 g/mol. The maximum atomic E-state index is 13.5. The van der Waals surface area contributed by atoms with E-state index in [1.54, 1.807) is 24.3 Å². The summed E-state index contributed by atoms with van der Waals surface area (Å²) in [5.41, 5.74) is 3.84. The summed E-state index contributed by atoms with van der Waals surface area (Å²) in [5, 5.41) is 0. The van der Waals surface area contributed by atoms with Crippen LogP contribution in [0.1, 0.15) is 44.6 Å². The smallest absolute Gasteiger partial charge is 0.338 e. The quantitative estimate of drug-likeness (QED) is 0.263. The number of para-hydroxylation sites is 1. The Kier molecular flexibility index (Phi) is 6.67. The molecule has 2 aromatic carbocycles. The number of anilines is 1. The lowest BCUT2D eigenvalue weighted by Crippen LogP contribution is -2.35. The van der Waals surface area contributed by atoms with Gasteiger partial charge in [-0.1, -0.05) is 30.3 Å². The molecule has 0 N–H and O–H groups in total. The zero-order valence-electron chi connectivity index (χ0n) is 20.0. The molecule has 0 radical (unpaired) electrons. The van der Waals surface area contributed by atoms with Crippen molar-refractivity contribution in [3.63, 3.8) is 0 Å². The van der Waals surface area contributed by atoms with Gasteiger partial charge >= 0.3 is 5.97 Å². The topological polar surface area (TPSA) is 85.7 Å². The van der Waals surface area contributed by atoms with E-state index in [9.17, 15) is 18.0 Å². The summed E-state index contributed by atoms with van der Waals surface area (Å²) in [6.07, 6.45) is 2.36. The van der Waals surface area contributed by atoms with Crippen molar-refractivity contribution >= 4 is 27.5 Å². The minimum Gasteiger partial charge on any atom is -0.454 e. The van der Waals surface area contributed by atoms with Crippen LogP contribution in [0.3, 0.4) is 0 Å². The third kappa shape index (κ3) is 4.53. The van der Waals surface area contributed by atoms with Gasteiger partial charge in [0.05, 0.1) is 16.1 Å². The molecule has 1 aliphatic rings. The van der Waals surface area contributed by atoms with E-state index >= 15 is 0 Å². The summed E-state index contributed by atoms with van der Waals surface area (Å²) >= 11 is 0. The Bertz CT molecular complexity index is 1420. The van der Waals surface area contributed by atoms with Crippen LogP contribution in [0.25, 0.3) is 0 Å². The lowest BCUT2D eigenvalue weighted by atomic mass is 10.1. The number of fused-ring (bicyclic) bond motifs is 1. The van der Waals surface area contributed by atoms with Crippen LogP contribution < -0.4 is 4.31 Å². The van der Waals surface area contributed by atoms with Crippen molar-refractivity contribution in [3.8, 4) is 0 Å². The van der Waals surface area contributed by atoms with E-state index in [2.05, 4.69) is 6.58 Å². The molecule has 1 aromatic heterocycles. The van der Waals surface area contributed by atoms with E-state index in [4.69, 9.17) is 4.74 Å². The highest BCUT2D eigenvalue weighted by atomic mass is 32.2. The van der Waals surface area contributed by atoms with Crippen LogP contribution in [-0.4, -0.2) is 37.4 Å². The van der Waals surface area contributed by atoms with Gasteiger partial charge in [-0.25, -0.2) is 13.2 Å². The van der Waals surface area contributed by atoms with Crippen molar-refractivity contribution in [3.05, 3.63) is 95.3 Å². The van der Waals surface area contributed by atoms with E-state index in [0.29, 0.717) is 24.2 Å². The number of aromatic nitrogens is 1. The first-order valence-electron chi connectivity index (χ1n) is 11.4. The van der Waals surface area contributed by atoms with Crippen molar-refractivity contribution in [1.82, 2.24) is 4.57 Å². The third-order valence-corrected chi connectivity index (χ3v) is 8.22. The average Bonchev–Trinajstić information content (AvgIpc) is 3.33. The summed E-state index contributed by atoms with van der Waals surface area (Å²) in [6, 6.07) is 14.6. The number of allylic oxidation sites excluding steroid dienone is 1. The van der Waals surface area contributed by atoms with Gasteiger partial charge in [-0.2, -0.15) is 0 Å². The molecule has 0 spiro atoms. The number of benzene rings is 2. The number of esters is 1. The number of ether oxygens (including phenoxy) is 1. The van der Waals surface area contributed by atoms with Crippen LogP contribution in [0.4, 0.5) is 5.69 Å². The fourth-order valence-corrected chi connectivity index (χ4v) is 6.33. The van der Waals surface area contributed by atoms with E-state index in [1.165, 1.54) is 28.6 Å². The number of ketones is 1. The molecular weight excluding hydrogens is 464 g/mol. The number of aryl methyl sites for hydroxylation is 1. The van der Waals surface area contributed by atoms with Crippen LogP contribution in [-0.2, 0) is 27.7 Å². The minimum absolute atomic E-state index is 0.00481. The summed E-state index contributed by atoms with van der Waals surface area (Å²) in [7, 11) is -3.90. The van der Waals surface area contributed by atoms with E-state index in [0.717, 1.165) is 17.0 Å². The van der Waals surface area contributed by atoms with Crippen LogP contribution >= 0.6 is 0 Å². The SMILES string of the molecule is C=CCn1c(C)cc(C(=O)COC(=O)c2cccc(S(=O)(=O)N3c4ccccc4CC3C)c2)c1C. The molecule has 0 bridgehead atoms. The number of hydrogen-bond acceptors (Lipinski definition) is 5. The molecule has 182 valence electrons. The average molecular weight is 493 g/mol. The molecule has 3 aromatic rings. The molecule has 0 fully saturated rings. The predicted molar refractivity (Wildman–Crippen MR) is 134 cm³/mol. The van der Waals surface area contributed by atoms with Crippen LogP contribution in [0.2, 0.25) is 0 Å². The number of carbonyl (C=O) groups is 2. The first-order chi connectivity index (χ1) is 16.6.